The second-order valence-electron chi connectivity index (χ2n) is 22.0. The number of phenolic OH excluding ortho intramolecular Hbond substituents is 1. The van der Waals surface area contributed by atoms with Crippen LogP contribution in [-0.4, -0.2) is 230 Å². The molecule has 0 heterocycles. The minimum Gasteiger partial charge on any atom is -0.508 e. The largest absolute Gasteiger partial charge is 0.508 e. The first-order chi connectivity index (χ1) is 44.0. The van der Waals surface area contributed by atoms with Gasteiger partial charge < -0.3 is 117 Å². The van der Waals surface area contributed by atoms with Gasteiger partial charge in [0.25, 0.3) is 0 Å². The van der Waals surface area contributed by atoms with Crippen molar-refractivity contribution < 1.29 is 107 Å². The van der Waals surface area contributed by atoms with Crippen LogP contribution >= 0.6 is 0 Å². The van der Waals surface area contributed by atoms with Crippen LogP contribution < -0.4 is 86.7 Å². The van der Waals surface area contributed by atoms with Gasteiger partial charge in [-0.05, 0) is 83.0 Å². The molecular weight excluding hydrogens is 1250 g/mol. The number of aromatic hydroxyl groups is 1. The summed E-state index contributed by atoms with van der Waals surface area (Å²) < 4.78 is 0. The number of aliphatic hydroxyl groups is 4. The minimum atomic E-state index is -1.96. The quantitative estimate of drug-likeness (QED) is 0.0270. The molecule has 94 heavy (non-hydrogen) atoms. The van der Waals surface area contributed by atoms with Crippen LogP contribution in [-0.2, 0) is 83.1 Å². The number of aliphatic carboxylic acids is 1. The van der Waals surface area contributed by atoms with Crippen LogP contribution in [0.15, 0.2) is 24.3 Å². The number of nitrogens with two attached hydrogens (primary N) is 4. The molecule has 0 saturated carbocycles. The van der Waals surface area contributed by atoms with Crippen molar-refractivity contribution in [2.45, 2.75) is 184 Å². The van der Waals surface area contributed by atoms with Crippen molar-refractivity contribution in [2.24, 2.45) is 28.9 Å². The van der Waals surface area contributed by atoms with Crippen molar-refractivity contribution in [2.75, 3.05) is 26.4 Å². The molecule has 0 aliphatic carbocycles. The van der Waals surface area contributed by atoms with E-state index in [1.807, 2.05) is 0 Å². The third-order valence-corrected chi connectivity index (χ3v) is 14.1. The third-order valence-electron chi connectivity index (χ3n) is 14.1. The molecule has 0 radical (unpaired) electrons. The van der Waals surface area contributed by atoms with E-state index < -0.39 is 237 Å². The smallest absolute Gasteiger partial charge is 0.303 e. The number of benzene rings is 1. The molecule has 0 aliphatic heterocycles. The number of amides is 15. The Kier molecular flexibility index (Phi) is 36.6. The first-order valence-corrected chi connectivity index (χ1v) is 29.7. The van der Waals surface area contributed by atoms with Crippen molar-refractivity contribution in [3.05, 3.63) is 29.8 Å². The van der Waals surface area contributed by atoms with Crippen molar-refractivity contribution in [1.82, 2.24) is 63.8 Å². The molecule has 26 N–H and O–H groups in total. The summed E-state index contributed by atoms with van der Waals surface area (Å²) in [4.78, 5) is 208. The molecular formula is C56H90N16O22. The van der Waals surface area contributed by atoms with E-state index >= 15 is 0 Å². The number of phenols is 1. The first kappa shape index (κ1) is 82.4. The summed E-state index contributed by atoms with van der Waals surface area (Å²) in [5.41, 5.74) is 21.9. The second kappa shape index (κ2) is 41.7. The van der Waals surface area contributed by atoms with Gasteiger partial charge in [-0.15, -0.1) is 0 Å². The van der Waals surface area contributed by atoms with Crippen molar-refractivity contribution >= 4 is 94.6 Å². The van der Waals surface area contributed by atoms with Gasteiger partial charge >= 0.3 is 5.97 Å². The normalized spacial score (nSPS) is 15.4. The maximum absolute atomic E-state index is 14.3. The number of carbonyl (C=O) groups excluding carboxylic acids is 15. The van der Waals surface area contributed by atoms with Gasteiger partial charge in [-0.3, -0.25) is 76.7 Å². The number of carboxylic acids is 1. The lowest BCUT2D eigenvalue weighted by molar-refractivity contribution is -0.139. The van der Waals surface area contributed by atoms with E-state index in [9.17, 15) is 102 Å². The van der Waals surface area contributed by atoms with Gasteiger partial charge in [0, 0.05) is 26.2 Å². The standard InChI is InChI=1S/C56H90N16O22/c1-7-25(2)43(55(93)70-39(24-75)54(92)72-44(28(5)76)56(94)63-32(45(60)83)16-18-42(81)82)71-53(91)38(23-74)69-49(87)34(15-17-40(58)79)65-50(88)35(20-30-11-13-31(78)14-12-30)67-52(90)37(22-73)68-47(85)27(4)62-48(86)33(10-8-9-19-57)64-51(89)36(21-41(59)80)66-46(84)26(3)61-29(6)77/h11-14,25-28,32-39,43-44,73-76,78H,7-10,15-24,57H2,1-6H3,(H2,58,79)(H2,59,80)(H2,60,83)(H,61,77)(H,62,86)(H,63,94)(H,64,89)(H,65,88)(H,66,84)(H,67,90)(H,68,85)(H,69,87)(H,70,93)(H,71,91)(H,72,92)(H,81,82)/t25-,26-,27-,28-,32+,33-,34-,35-,36-,37-,38-,39+,43-,44-/m0/s1. The minimum absolute atomic E-state index is 0.0952. The Morgan fingerprint density at radius 1 is 0.447 bits per heavy atom. The Morgan fingerprint density at radius 3 is 1.31 bits per heavy atom. The molecule has 0 fully saturated rings. The summed E-state index contributed by atoms with van der Waals surface area (Å²) in [7, 11) is 0. The van der Waals surface area contributed by atoms with Gasteiger partial charge in [0.1, 0.15) is 78.3 Å². The lowest BCUT2D eigenvalue weighted by Crippen LogP contribution is -2.63. The average Bonchev–Trinajstić information content (AvgIpc) is 1.01. The number of carboxylic acid groups (broad SMARTS) is 1. The van der Waals surface area contributed by atoms with E-state index in [0.717, 1.165) is 20.8 Å². The number of unbranched alkanes of at least 4 members (excludes halogenated alkanes) is 1. The SMILES string of the molecule is CC[C@H](C)[C@H](NC(=O)[C@H](CO)NC(=O)[C@H](CCC(N)=O)NC(=O)[C@H](Cc1ccc(O)cc1)NC(=O)[C@H](CO)NC(=O)[C@H](C)NC(=O)[C@H](CCCCN)NC(=O)[C@H](CC(N)=O)NC(=O)[C@H](C)NC(C)=O)C(=O)N[C@H](CO)C(=O)N[C@H](C(=O)N[C@H](CCC(=O)O)C(N)=O)[C@H](C)O. The molecule has 0 unspecified atom stereocenters. The predicted molar refractivity (Wildman–Crippen MR) is 326 cm³/mol. The Bertz CT molecular complexity index is 2830. The van der Waals surface area contributed by atoms with Crippen molar-refractivity contribution in [3.63, 3.8) is 0 Å². The fourth-order valence-electron chi connectivity index (χ4n) is 8.51. The van der Waals surface area contributed by atoms with Crippen LogP contribution in [0.5, 0.6) is 5.75 Å². The number of nitrogens with one attached hydrogen (secondary N) is 12. The molecule has 38 heteroatoms. The van der Waals surface area contributed by atoms with E-state index in [1.165, 1.54) is 38.1 Å². The summed E-state index contributed by atoms with van der Waals surface area (Å²) in [5, 5.41) is 87.4. The first-order valence-electron chi connectivity index (χ1n) is 29.7. The van der Waals surface area contributed by atoms with Crippen LogP contribution in [0.4, 0.5) is 0 Å². The van der Waals surface area contributed by atoms with Crippen molar-refractivity contribution in [1.29, 1.82) is 0 Å². The lowest BCUT2D eigenvalue weighted by atomic mass is 9.97. The number of hydrogen-bond donors (Lipinski definition) is 22. The van der Waals surface area contributed by atoms with Crippen LogP contribution in [0.1, 0.15) is 105 Å². The zero-order chi connectivity index (χ0) is 71.7. The fourth-order valence-corrected chi connectivity index (χ4v) is 8.51. The number of carbonyl (C=O) groups is 16. The Labute approximate surface area is 539 Å². The van der Waals surface area contributed by atoms with E-state index in [-0.39, 0.29) is 37.1 Å². The molecule has 15 amide bonds. The number of rotatable bonds is 44. The van der Waals surface area contributed by atoms with Gasteiger partial charge in [-0.2, -0.15) is 0 Å². The van der Waals surface area contributed by atoms with Crippen LogP contribution in [0.25, 0.3) is 0 Å². The highest BCUT2D eigenvalue weighted by Crippen LogP contribution is 2.14. The Balaban J connectivity index is 3.47. The summed E-state index contributed by atoms with van der Waals surface area (Å²) in [6.07, 6.45) is -4.51. The van der Waals surface area contributed by atoms with Crippen molar-refractivity contribution in [3.8, 4) is 5.75 Å². The van der Waals surface area contributed by atoms with Gasteiger partial charge in [0.15, 0.2) is 0 Å². The monoisotopic (exact) mass is 1340 g/mol. The lowest BCUT2D eigenvalue weighted by Gasteiger charge is -2.29. The van der Waals surface area contributed by atoms with E-state index in [1.54, 1.807) is 6.92 Å². The number of primary amides is 3. The van der Waals surface area contributed by atoms with E-state index in [4.69, 9.17) is 28.0 Å². The van der Waals surface area contributed by atoms with Gasteiger partial charge in [-0.25, -0.2) is 0 Å². The van der Waals surface area contributed by atoms with E-state index in [0.29, 0.717) is 6.42 Å². The summed E-state index contributed by atoms with van der Waals surface area (Å²) >= 11 is 0. The zero-order valence-electron chi connectivity index (χ0n) is 52.8. The molecule has 0 bridgehead atoms. The predicted octanol–water partition coefficient (Wildman–Crippen LogP) is -10.2. The molecule has 1 aromatic carbocycles. The summed E-state index contributed by atoms with van der Waals surface area (Å²) in [6.45, 7) is 4.38. The molecule has 0 aromatic heterocycles. The van der Waals surface area contributed by atoms with Gasteiger partial charge in [-0.1, -0.05) is 32.4 Å². The molecule has 526 valence electrons. The third kappa shape index (κ3) is 29.7. The summed E-state index contributed by atoms with van der Waals surface area (Å²) in [5.74, 6) is -18.7. The zero-order valence-corrected chi connectivity index (χ0v) is 52.8. The highest BCUT2D eigenvalue weighted by atomic mass is 16.4. The topological polar surface area (TPSA) is 643 Å². The fraction of sp³-hybridized carbons (Fsp3) is 0.607. The molecule has 38 nitrogen and oxygen atoms in total. The molecule has 1 rings (SSSR count). The van der Waals surface area contributed by atoms with Crippen LogP contribution in [0, 0.1) is 5.92 Å². The van der Waals surface area contributed by atoms with Gasteiger partial charge in [0.2, 0.25) is 88.6 Å². The maximum Gasteiger partial charge on any atom is 0.303 e. The highest BCUT2D eigenvalue weighted by molar-refractivity contribution is 6.00. The van der Waals surface area contributed by atoms with Crippen LogP contribution in [0.3, 0.4) is 0 Å². The number of hydrogen-bond acceptors (Lipinski definition) is 22. The Morgan fingerprint density at radius 2 is 0.840 bits per heavy atom. The molecule has 14 atom stereocenters. The molecule has 1 aromatic rings. The maximum atomic E-state index is 14.3. The van der Waals surface area contributed by atoms with Gasteiger partial charge in [0.05, 0.1) is 32.3 Å². The summed E-state index contributed by atoms with van der Waals surface area (Å²) in [6, 6.07) is -15.0. The highest BCUT2D eigenvalue weighted by Gasteiger charge is 2.38. The second-order valence-corrected chi connectivity index (χ2v) is 22.0. The molecule has 0 spiro atoms. The number of aliphatic hydroxyl groups excluding tert-OH is 4. The van der Waals surface area contributed by atoms with Crippen LogP contribution in [0.2, 0.25) is 0 Å². The molecule has 0 aliphatic rings. The van der Waals surface area contributed by atoms with E-state index in [2.05, 4.69) is 63.8 Å². The molecule has 0 saturated heterocycles. The Hall–Kier alpha value is -9.66. The average molecular weight is 1340 g/mol.